The molecule has 0 spiro atoms. The maximum absolute atomic E-state index is 11.0. The van der Waals surface area contributed by atoms with Crippen LogP contribution in [0.25, 0.3) is 6.08 Å². The second-order valence-electron chi connectivity index (χ2n) is 5.16. The van der Waals surface area contributed by atoms with Crippen molar-refractivity contribution in [2.24, 2.45) is 0 Å². The molecule has 1 saturated heterocycles. The monoisotopic (exact) mass is 282 g/mol. The Bertz CT molecular complexity index is 631. The van der Waals surface area contributed by atoms with Gasteiger partial charge < -0.3 is 14.6 Å². The number of ether oxygens (including phenoxy) is 2. The summed E-state index contributed by atoms with van der Waals surface area (Å²) in [5.41, 5.74) is 1.72. The molecule has 1 aliphatic rings. The van der Waals surface area contributed by atoms with Crippen molar-refractivity contribution in [1.82, 2.24) is 0 Å². The number of hydrogen-bond donors (Lipinski definition) is 1. The smallest absolute Gasteiger partial charge is 0.136 e. The predicted octanol–water partition coefficient (Wildman–Crippen LogP) is 3.00. The van der Waals surface area contributed by atoms with Gasteiger partial charge in [-0.05, 0) is 28.8 Å². The third kappa shape index (κ3) is 2.71. The summed E-state index contributed by atoms with van der Waals surface area (Å²) in [5.74, 6) is 0.818. The van der Waals surface area contributed by atoms with E-state index in [-0.39, 0.29) is 0 Å². The van der Waals surface area contributed by atoms with E-state index in [2.05, 4.69) is 0 Å². The predicted molar refractivity (Wildman–Crippen MR) is 82.1 cm³/mol. The first kappa shape index (κ1) is 13.9. The Morgan fingerprint density at radius 2 is 1.81 bits per heavy atom. The van der Waals surface area contributed by atoms with Gasteiger partial charge in [0.2, 0.25) is 0 Å². The molecule has 108 valence electrons. The van der Waals surface area contributed by atoms with Crippen LogP contribution in [0.2, 0.25) is 0 Å². The summed E-state index contributed by atoms with van der Waals surface area (Å²) in [6.07, 6.45) is 1.99. The van der Waals surface area contributed by atoms with Crippen molar-refractivity contribution in [3.63, 3.8) is 0 Å². The van der Waals surface area contributed by atoms with Crippen LogP contribution in [0.4, 0.5) is 0 Å². The summed E-state index contributed by atoms with van der Waals surface area (Å²) in [6.45, 7) is 0.733. The zero-order valence-corrected chi connectivity index (χ0v) is 12.0. The summed E-state index contributed by atoms with van der Waals surface area (Å²) in [5, 5.41) is 11.0. The highest BCUT2D eigenvalue weighted by Crippen LogP contribution is 2.36. The van der Waals surface area contributed by atoms with Gasteiger partial charge in [0.15, 0.2) is 0 Å². The van der Waals surface area contributed by atoms with Gasteiger partial charge >= 0.3 is 0 Å². The van der Waals surface area contributed by atoms with Crippen molar-refractivity contribution in [1.29, 1.82) is 0 Å². The first-order valence-electron chi connectivity index (χ1n) is 6.93. The van der Waals surface area contributed by atoms with Crippen molar-refractivity contribution < 1.29 is 14.6 Å². The zero-order valence-electron chi connectivity index (χ0n) is 12.0. The molecule has 2 aromatic rings. The van der Waals surface area contributed by atoms with Crippen LogP contribution in [0.3, 0.4) is 0 Å². The minimum Gasteiger partial charge on any atom is -0.497 e. The molecule has 3 heteroatoms. The van der Waals surface area contributed by atoms with Gasteiger partial charge in [-0.15, -0.1) is 0 Å². The summed E-state index contributed by atoms with van der Waals surface area (Å²) in [4.78, 5) is 0. The third-order valence-corrected chi connectivity index (χ3v) is 3.81. The van der Waals surface area contributed by atoms with Crippen LogP contribution >= 0.6 is 0 Å². The van der Waals surface area contributed by atoms with E-state index < -0.39 is 5.60 Å². The molecule has 0 saturated carbocycles. The average Bonchev–Trinajstić information content (AvgIpc) is 2.91. The van der Waals surface area contributed by atoms with E-state index in [0.29, 0.717) is 13.2 Å². The Morgan fingerprint density at radius 3 is 2.48 bits per heavy atom. The van der Waals surface area contributed by atoms with E-state index in [1.165, 1.54) is 0 Å². The summed E-state index contributed by atoms with van der Waals surface area (Å²) < 4.78 is 10.7. The minimum atomic E-state index is -1.04. The topological polar surface area (TPSA) is 38.7 Å². The van der Waals surface area contributed by atoms with Gasteiger partial charge in [-0.2, -0.15) is 0 Å². The fraction of sp³-hybridized carbons (Fsp3) is 0.222. The SMILES string of the molecule is COc1ccc(/C=C2\COC[C@@]2(O)c2ccccc2)cc1. The van der Waals surface area contributed by atoms with Crippen LogP contribution in [0.15, 0.2) is 60.2 Å². The lowest BCUT2D eigenvalue weighted by Gasteiger charge is -2.23. The summed E-state index contributed by atoms with van der Waals surface area (Å²) >= 11 is 0. The van der Waals surface area contributed by atoms with E-state index in [1.54, 1.807) is 7.11 Å². The largest absolute Gasteiger partial charge is 0.497 e. The lowest BCUT2D eigenvalue weighted by Crippen LogP contribution is -2.27. The van der Waals surface area contributed by atoms with E-state index in [0.717, 1.165) is 22.4 Å². The van der Waals surface area contributed by atoms with Crippen LogP contribution in [-0.4, -0.2) is 25.4 Å². The molecule has 3 rings (SSSR count). The second-order valence-corrected chi connectivity index (χ2v) is 5.16. The molecule has 2 aromatic carbocycles. The molecule has 0 amide bonds. The lowest BCUT2D eigenvalue weighted by molar-refractivity contribution is 0.0402. The maximum Gasteiger partial charge on any atom is 0.136 e. The number of hydrogen-bond acceptors (Lipinski definition) is 3. The summed E-state index contributed by atoms with van der Waals surface area (Å²) in [6, 6.07) is 17.4. The van der Waals surface area contributed by atoms with Gasteiger partial charge in [0.05, 0.1) is 20.3 Å². The van der Waals surface area contributed by atoms with Crippen molar-refractivity contribution in [2.45, 2.75) is 5.60 Å². The molecular weight excluding hydrogens is 264 g/mol. The highest BCUT2D eigenvalue weighted by molar-refractivity contribution is 5.58. The molecule has 1 heterocycles. The normalized spacial score (nSPS) is 23.4. The van der Waals surface area contributed by atoms with Crippen LogP contribution in [0, 0.1) is 0 Å². The zero-order chi connectivity index (χ0) is 14.7. The van der Waals surface area contributed by atoms with Crippen LogP contribution in [-0.2, 0) is 10.3 Å². The molecule has 0 aliphatic carbocycles. The first-order valence-corrected chi connectivity index (χ1v) is 6.93. The van der Waals surface area contributed by atoms with Crippen LogP contribution in [0.5, 0.6) is 5.75 Å². The molecule has 1 atom stereocenters. The Labute approximate surface area is 124 Å². The molecule has 0 unspecified atom stereocenters. The molecule has 1 N–H and O–H groups in total. The fourth-order valence-electron chi connectivity index (χ4n) is 2.57. The minimum absolute atomic E-state index is 0.291. The maximum atomic E-state index is 11.0. The molecule has 0 radical (unpaired) electrons. The van der Waals surface area contributed by atoms with E-state index in [1.807, 2.05) is 60.7 Å². The highest BCUT2D eigenvalue weighted by atomic mass is 16.5. The fourth-order valence-corrected chi connectivity index (χ4v) is 2.57. The van der Waals surface area contributed by atoms with E-state index in [4.69, 9.17) is 9.47 Å². The Hall–Kier alpha value is -2.10. The first-order chi connectivity index (χ1) is 10.2. The Balaban J connectivity index is 1.94. The Morgan fingerprint density at radius 1 is 1.10 bits per heavy atom. The molecule has 21 heavy (non-hydrogen) atoms. The van der Waals surface area contributed by atoms with Gasteiger partial charge in [0, 0.05) is 0 Å². The van der Waals surface area contributed by atoms with Gasteiger partial charge in [0.25, 0.3) is 0 Å². The molecule has 1 aliphatic heterocycles. The number of rotatable bonds is 3. The number of methoxy groups -OCH3 is 1. The molecule has 0 bridgehead atoms. The van der Waals surface area contributed by atoms with Crippen molar-refractivity contribution in [2.75, 3.05) is 20.3 Å². The van der Waals surface area contributed by atoms with Gasteiger partial charge in [-0.25, -0.2) is 0 Å². The highest BCUT2D eigenvalue weighted by Gasteiger charge is 2.38. The van der Waals surface area contributed by atoms with Gasteiger partial charge in [-0.1, -0.05) is 48.5 Å². The van der Waals surface area contributed by atoms with Crippen LogP contribution < -0.4 is 4.74 Å². The van der Waals surface area contributed by atoms with E-state index >= 15 is 0 Å². The van der Waals surface area contributed by atoms with Gasteiger partial charge in [-0.3, -0.25) is 0 Å². The summed E-state index contributed by atoms with van der Waals surface area (Å²) in [7, 11) is 1.65. The quantitative estimate of drug-likeness (QED) is 0.940. The molecule has 0 aromatic heterocycles. The molecule has 3 nitrogen and oxygen atoms in total. The second kappa shape index (κ2) is 5.72. The lowest BCUT2D eigenvalue weighted by atomic mass is 9.88. The van der Waals surface area contributed by atoms with Crippen molar-refractivity contribution in [3.8, 4) is 5.75 Å². The van der Waals surface area contributed by atoms with Crippen LogP contribution in [0.1, 0.15) is 11.1 Å². The number of aliphatic hydroxyl groups is 1. The molecular formula is C18H18O3. The molecule has 1 fully saturated rings. The standard InChI is InChI=1S/C18H18O3/c1-20-17-9-7-14(8-10-17)11-16-12-21-13-18(16,19)15-5-3-2-4-6-15/h2-11,19H,12-13H2,1H3/b16-11+/t18-/m1/s1. The average molecular weight is 282 g/mol. The third-order valence-electron chi connectivity index (χ3n) is 3.81. The van der Waals surface area contributed by atoms with Gasteiger partial charge in [0.1, 0.15) is 11.4 Å². The Kier molecular flexibility index (Phi) is 3.78. The van der Waals surface area contributed by atoms with Crippen molar-refractivity contribution in [3.05, 3.63) is 71.3 Å². The van der Waals surface area contributed by atoms with E-state index in [9.17, 15) is 5.11 Å². The number of benzene rings is 2. The van der Waals surface area contributed by atoms with Crippen molar-refractivity contribution >= 4 is 6.08 Å².